The topological polar surface area (TPSA) is 17.1 Å². The Bertz CT molecular complexity index is 518. The van der Waals surface area contributed by atoms with Crippen molar-refractivity contribution in [3.63, 3.8) is 0 Å². The summed E-state index contributed by atoms with van der Waals surface area (Å²) in [5, 5.41) is 0. The van der Waals surface area contributed by atoms with Gasteiger partial charge in [0.25, 0.3) is 0 Å². The molecule has 22 heavy (non-hydrogen) atoms. The van der Waals surface area contributed by atoms with Gasteiger partial charge in [0.2, 0.25) is 0 Å². The fourth-order valence-corrected chi connectivity index (χ4v) is 7.41. The van der Waals surface area contributed by atoms with Gasteiger partial charge >= 0.3 is 0 Å². The van der Waals surface area contributed by atoms with Gasteiger partial charge in [0, 0.05) is 0 Å². The van der Waals surface area contributed by atoms with Crippen molar-refractivity contribution in [2.24, 2.45) is 34.5 Å². The number of hydrogen-bond acceptors (Lipinski definition) is 1. The normalized spacial score (nSPS) is 50.6. The van der Waals surface area contributed by atoms with Crippen LogP contribution in [-0.4, -0.2) is 5.78 Å². The Morgan fingerprint density at radius 3 is 2.64 bits per heavy atom. The van der Waals surface area contributed by atoms with E-state index in [0.29, 0.717) is 11.2 Å². The SMILES string of the molecule is CC(=O)C1=CC[C@H]2[C@@H]3CC[C@H]4CCCC[C@]4(C)[C@H]3CC[C@]12C. The van der Waals surface area contributed by atoms with Crippen molar-refractivity contribution in [3.05, 3.63) is 11.6 Å². The van der Waals surface area contributed by atoms with Gasteiger partial charge in [0.15, 0.2) is 5.78 Å². The van der Waals surface area contributed by atoms with E-state index in [-0.39, 0.29) is 5.41 Å². The van der Waals surface area contributed by atoms with Crippen molar-refractivity contribution in [1.29, 1.82) is 0 Å². The minimum atomic E-state index is 0.199. The van der Waals surface area contributed by atoms with Gasteiger partial charge in [-0.15, -0.1) is 0 Å². The summed E-state index contributed by atoms with van der Waals surface area (Å²) in [4.78, 5) is 12.1. The van der Waals surface area contributed by atoms with Gasteiger partial charge < -0.3 is 0 Å². The number of carbonyl (C=O) groups is 1. The predicted molar refractivity (Wildman–Crippen MR) is 90.5 cm³/mol. The number of allylic oxidation sites excluding steroid dienone is 2. The first-order valence-electron chi connectivity index (χ1n) is 9.68. The van der Waals surface area contributed by atoms with Crippen LogP contribution in [0.3, 0.4) is 0 Å². The van der Waals surface area contributed by atoms with Gasteiger partial charge in [0.1, 0.15) is 0 Å². The van der Waals surface area contributed by atoms with Crippen molar-refractivity contribution < 1.29 is 4.79 Å². The summed E-state index contributed by atoms with van der Waals surface area (Å²) in [6, 6.07) is 0. The molecule has 3 saturated carbocycles. The van der Waals surface area contributed by atoms with Gasteiger partial charge in [-0.05, 0) is 91.9 Å². The summed E-state index contributed by atoms with van der Waals surface area (Å²) in [6.07, 6.45) is 14.9. The van der Waals surface area contributed by atoms with Crippen LogP contribution in [0.25, 0.3) is 0 Å². The minimum absolute atomic E-state index is 0.199. The molecule has 0 amide bonds. The molecule has 1 heteroatoms. The summed E-state index contributed by atoms with van der Waals surface area (Å²) in [6.45, 7) is 6.82. The Kier molecular flexibility index (Phi) is 3.37. The molecule has 6 atom stereocenters. The third kappa shape index (κ3) is 1.86. The molecule has 0 bridgehead atoms. The fourth-order valence-electron chi connectivity index (χ4n) is 7.41. The first kappa shape index (κ1) is 15.0. The first-order chi connectivity index (χ1) is 10.5. The highest BCUT2D eigenvalue weighted by Crippen LogP contribution is 2.66. The Morgan fingerprint density at radius 1 is 1.05 bits per heavy atom. The molecule has 0 N–H and O–H groups in total. The molecule has 122 valence electrons. The number of hydrogen-bond donors (Lipinski definition) is 0. The monoisotopic (exact) mass is 300 g/mol. The van der Waals surface area contributed by atoms with Crippen LogP contribution in [0.5, 0.6) is 0 Å². The number of ketones is 1. The lowest BCUT2D eigenvalue weighted by Gasteiger charge is -2.60. The van der Waals surface area contributed by atoms with Gasteiger partial charge in [-0.25, -0.2) is 0 Å². The quantitative estimate of drug-likeness (QED) is 0.621. The lowest BCUT2D eigenvalue weighted by Crippen LogP contribution is -2.52. The van der Waals surface area contributed by atoms with E-state index in [9.17, 15) is 4.79 Å². The molecular weight excluding hydrogens is 268 g/mol. The second-order valence-corrected chi connectivity index (χ2v) is 9.27. The minimum Gasteiger partial charge on any atom is -0.295 e. The molecule has 3 fully saturated rings. The van der Waals surface area contributed by atoms with Crippen LogP contribution in [0.2, 0.25) is 0 Å². The lowest BCUT2D eigenvalue weighted by atomic mass is 9.45. The summed E-state index contributed by atoms with van der Waals surface area (Å²) in [7, 11) is 0. The van der Waals surface area contributed by atoms with Crippen LogP contribution in [0.4, 0.5) is 0 Å². The van der Waals surface area contributed by atoms with Crippen molar-refractivity contribution in [2.75, 3.05) is 0 Å². The Balaban J connectivity index is 1.64. The van der Waals surface area contributed by atoms with Crippen molar-refractivity contribution in [3.8, 4) is 0 Å². The zero-order valence-electron chi connectivity index (χ0n) is 14.7. The van der Waals surface area contributed by atoms with E-state index < -0.39 is 0 Å². The van der Waals surface area contributed by atoms with E-state index in [2.05, 4.69) is 19.9 Å². The maximum absolute atomic E-state index is 12.1. The van der Waals surface area contributed by atoms with Crippen LogP contribution in [-0.2, 0) is 4.79 Å². The van der Waals surface area contributed by atoms with Crippen LogP contribution >= 0.6 is 0 Å². The third-order valence-electron chi connectivity index (χ3n) is 8.54. The van der Waals surface area contributed by atoms with Crippen molar-refractivity contribution in [1.82, 2.24) is 0 Å². The molecule has 4 aliphatic rings. The summed E-state index contributed by atoms with van der Waals surface area (Å²) in [5.74, 6) is 3.90. The fraction of sp³-hybridized carbons (Fsp3) is 0.857. The maximum atomic E-state index is 12.1. The van der Waals surface area contributed by atoms with Gasteiger partial charge in [-0.1, -0.05) is 32.8 Å². The van der Waals surface area contributed by atoms with E-state index in [0.717, 1.165) is 23.7 Å². The zero-order chi connectivity index (χ0) is 15.5. The van der Waals surface area contributed by atoms with Crippen molar-refractivity contribution >= 4 is 5.78 Å². The predicted octanol–water partition coefficient (Wildman–Crippen LogP) is 5.54. The Morgan fingerprint density at radius 2 is 1.86 bits per heavy atom. The molecule has 4 rings (SSSR count). The Hall–Kier alpha value is -0.590. The van der Waals surface area contributed by atoms with E-state index in [4.69, 9.17) is 0 Å². The van der Waals surface area contributed by atoms with E-state index in [1.807, 2.05) is 0 Å². The number of Topliss-reactive ketones (excluding diaryl/α,β-unsaturated/α-hetero) is 1. The summed E-state index contributed by atoms with van der Waals surface area (Å²) < 4.78 is 0. The van der Waals surface area contributed by atoms with Gasteiger partial charge in [-0.2, -0.15) is 0 Å². The number of fused-ring (bicyclic) bond motifs is 5. The smallest absolute Gasteiger partial charge is 0.156 e. The van der Waals surface area contributed by atoms with Gasteiger partial charge in [0.05, 0.1) is 0 Å². The molecule has 0 radical (unpaired) electrons. The third-order valence-corrected chi connectivity index (χ3v) is 8.54. The van der Waals surface area contributed by atoms with Gasteiger partial charge in [-0.3, -0.25) is 4.79 Å². The summed E-state index contributed by atoms with van der Waals surface area (Å²) >= 11 is 0. The summed E-state index contributed by atoms with van der Waals surface area (Å²) in [5.41, 5.74) is 1.98. The molecular formula is C21H32O. The van der Waals surface area contributed by atoms with Crippen LogP contribution in [0.1, 0.15) is 78.6 Å². The molecule has 0 aromatic heterocycles. The number of rotatable bonds is 1. The van der Waals surface area contributed by atoms with E-state index in [1.165, 1.54) is 63.4 Å². The highest BCUT2D eigenvalue weighted by molar-refractivity contribution is 5.95. The standard InChI is InChI=1S/C21H32O/c1-14(22)17-9-10-18-16-8-7-15-6-4-5-12-20(15,2)19(16)11-13-21(17,18)3/h9,15-16,18-19H,4-8,10-13H2,1-3H3/t15-,16+,18+,19+,20+,21-/m1/s1. The molecule has 0 aromatic rings. The highest BCUT2D eigenvalue weighted by Gasteiger charge is 2.58. The van der Waals surface area contributed by atoms with Crippen LogP contribution in [0.15, 0.2) is 11.6 Å². The molecule has 4 aliphatic carbocycles. The van der Waals surface area contributed by atoms with E-state index >= 15 is 0 Å². The molecule has 1 nitrogen and oxygen atoms in total. The maximum Gasteiger partial charge on any atom is 0.156 e. The average molecular weight is 300 g/mol. The largest absolute Gasteiger partial charge is 0.295 e. The second kappa shape index (κ2) is 4.95. The highest BCUT2D eigenvalue weighted by atomic mass is 16.1. The molecule has 0 spiro atoms. The first-order valence-corrected chi connectivity index (χ1v) is 9.68. The molecule has 0 heterocycles. The van der Waals surface area contributed by atoms with Crippen LogP contribution < -0.4 is 0 Å². The van der Waals surface area contributed by atoms with Crippen molar-refractivity contribution in [2.45, 2.75) is 78.6 Å². The van der Waals surface area contributed by atoms with Crippen LogP contribution in [0, 0.1) is 34.5 Å². The Labute approximate surface area is 135 Å². The van der Waals surface area contributed by atoms with E-state index in [1.54, 1.807) is 6.92 Å². The second-order valence-electron chi connectivity index (χ2n) is 9.27. The zero-order valence-corrected chi connectivity index (χ0v) is 14.7. The average Bonchev–Trinajstić information content (AvgIpc) is 2.84. The molecule has 0 aromatic carbocycles. The molecule has 0 unspecified atom stereocenters. The molecule has 0 saturated heterocycles. The number of carbonyl (C=O) groups excluding carboxylic acids is 1. The molecule has 0 aliphatic heterocycles. The lowest BCUT2D eigenvalue weighted by molar-refractivity contribution is -0.118.